The number of amides is 2. The quantitative estimate of drug-likeness (QED) is 0.711. The van der Waals surface area contributed by atoms with Crippen molar-refractivity contribution in [3.63, 3.8) is 0 Å². The van der Waals surface area contributed by atoms with Crippen LogP contribution in [0.1, 0.15) is 22.3 Å². The van der Waals surface area contributed by atoms with Gasteiger partial charge in [0, 0.05) is 18.8 Å². The van der Waals surface area contributed by atoms with E-state index in [-0.39, 0.29) is 18.4 Å². The molecule has 0 radical (unpaired) electrons. The standard InChI is InChI=1S/C13H17N3O2/c1-9-4-2-5-10(12(9)14)13(18)16-7-3-6-15-11(17)8-16/h2,4-5H,3,6-8,14H2,1H3,(H,15,17). The predicted octanol–water partition coefficient (Wildman–Crippen LogP) is 0.539. The molecule has 1 aliphatic heterocycles. The molecule has 0 aliphatic carbocycles. The molecule has 5 heteroatoms. The van der Waals surface area contributed by atoms with Crippen molar-refractivity contribution in [2.24, 2.45) is 0 Å². The molecule has 1 aromatic carbocycles. The first-order valence-electron chi connectivity index (χ1n) is 6.00. The van der Waals surface area contributed by atoms with E-state index < -0.39 is 0 Å². The zero-order valence-electron chi connectivity index (χ0n) is 10.4. The monoisotopic (exact) mass is 247 g/mol. The van der Waals surface area contributed by atoms with Gasteiger partial charge in [0.05, 0.1) is 12.1 Å². The fourth-order valence-corrected chi connectivity index (χ4v) is 2.02. The SMILES string of the molecule is Cc1cccc(C(=O)N2CCCNC(=O)C2)c1N. The van der Waals surface area contributed by atoms with Crippen LogP contribution in [0.3, 0.4) is 0 Å². The van der Waals surface area contributed by atoms with Crippen LogP contribution in [0.2, 0.25) is 0 Å². The van der Waals surface area contributed by atoms with Gasteiger partial charge in [-0.15, -0.1) is 0 Å². The number of hydrogen-bond acceptors (Lipinski definition) is 3. The van der Waals surface area contributed by atoms with Crippen LogP contribution in [0.5, 0.6) is 0 Å². The number of nitrogens with zero attached hydrogens (tertiary/aromatic N) is 1. The summed E-state index contributed by atoms with van der Waals surface area (Å²) in [6.45, 7) is 3.16. The third-order valence-electron chi connectivity index (χ3n) is 3.10. The Labute approximate surface area is 106 Å². The highest BCUT2D eigenvalue weighted by Gasteiger charge is 2.22. The van der Waals surface area contributed by atoms with E-state index in [1.165, 1.54) is 0 Å². The molecule has 2 amide bonds. The number of para-hydroxylation sites is 1. The summed E-state index contributed by atoms with van der Waals surface area (Å²) >= 11 is 0. The molecule has 3 N–H and O–H groups in total. The maximum Gasteiger partial charge on any atom is 0.256 e. The summed E-state index contributed by atoms with van der Waals surface area (Å²) in [5, 5.41) is 2.74. The molecule has 1 heterocycles. The number of rotatable bonds is 1. The summed E-state index contributed by atoms with van der Waals surface area (Å²) in [7, 11) is 0. The molecule has 1 fully saturated rings. The average molecular weight is 247 g/mol. The Balaban J connectivity index is 2.24. The van der Waals surface area contributed by atoms with Crippen molar-refractivity contribution in [1.29, 1.82) is 0 Å². The Kier molecular flexibility index (Phi) is 3.50. The number of carbonyl (C=O) groups excluding carboxylic acids is 2. The largest absolute Gasteiger partial charge is 0.398 e. The molecular weight excluding hydrogens is 230 g/mol. The maximum absolute atomic E-state index is 12.3. The maximum atomic E-state index is 12.3. The fraction of sp³-hybridized carbons (Fsp3) is 0.385. The lowest BCUT2D eigenvalue weighted by molar-refractivity contribution is -0.121. The predicted molar refractivity (Wildman–Crippen MR) is 69.1 cm³/mol. The summed E-state index contributed by atoms with van der Waals surface area (Å²) in [6.07, 6.45) is 0.767. The zero-order valence-corrected chi connectivity index (χ0v) is 10.4. The lowest BCUT2D eigenvalue weighted by atomic mass is 10.1. The van der Waals surface area contributed by atoms with Crippen LogP contribution in [0, 0.1) is 6.92 Å². The number of hydrogen-bond donors (Lipinski definition) is 2. The lowest BCUT2D eigenvalue weighted by Crippen LogP contribution is -2.37. The minimum Gasteiger partial charge on any atom is -0.398 e. The molecule has 1 aromatic rings. The molecule has 2 rings (SSSR count). The summed E-state index contributed by atoms with van der Waals surface area (Å²) in [5.74, 6) is -0.291. The Morgan fingerprint density at radius 2 is 2.22 bits per heavy atom. The van der Waals surface area contributed by atoms with Gasteiger partial charge in [0.25, 0.3) is 5.91 Å². The van der Waals surface area contributed by atoms with E-state index in [0.29, 0.717) is 24.3 Å². The van der Waals surface area contributed by atoms with E-state index in [0.717, 1.165) is 12.0 Å². The van der Waals surface area contributed by atoms with Crippen LogP contribution in [-0.2, 0) is 4.79 Å². The highest BCUT2D eigenvalue weighted by molar-refractivity contribution is 6.01. The molecular formula is C13H17N3O2. The van der Waals surface area contributed by atoms with Gasteiger partial charge in [0.2, 0.25) is 5.91 Å². The smallest absolute Gasteiger partial charge is 0.256 e. The number of aryl methyl sites for hydroxylation is 1. The van der Waals surface area contributed by atoms with Crippen molar-refractivity contribution in [1.82, 2.24) is 10.2 Å². The van der Waals surface area contributed by atoms with E-state index in [2.05, 4.69) is 5.32 Å². The zero-order chi connectivity index (χ0) is 13.1. The van der Waals surface area contributed by atoms with Crippen molar-refractivity contribution in [3.8, 4) is 0 Å². The van der Waals surface area contributed by atoms with Crippen LogP contribution in [0.15, 0.2) is 18.2 Å². The fourth-order valence-electron chi connectivity index (χ4n) is 2.02. The van der Waals surface area contributed by atoms with Gasteiger partial charge in [-0.05, 0) is 25.0 Å². The van der Waals surface area contributed by atoms with Crippen LogP contribution in [0.25, 0.3) is 0 Å². The van der Waals surface area contributed by atoms with Gasteiger partial charge >= 0.3 is 0 Å². The van der Waals surface area contributed by atoms with Gasteiger partial charge in [-0.2, -0.15) is 0 Å². The van der Waals surface area contributed by atoms with E-state index in [1.54, 1.807) is 17.0 Å². The number of benzene rings is 1. The molecule has 5 nitrogen and oxygen atoms in total. The first kappa shape index (κ1) is 12.4. The highest BCUT2D eigenvalue weighted by atomic mass is 16.2. The van der Waals surface area contributed by atoms with Gasteiger partial charge in [0.1, 0.15) is 0 Å². The van der Waals surface area contributed by atoms with E-state index >= 15 is 0 Å². The molecule has 18 heavy (non-hydrogen) atoms. The molecule has 0 aromatic heterocycles. The van der Waals surface area contributed by atoms with Crippen LogP contribution in [0.4, 0.5) is 5.69 Å². The second-order valence-electron chi connectivity index (χ2n) is 4.47. The highest BCUT2D eigenvalue weighted by Crippen LogP contribution is 2.18. The van der Waals surface area contributed by atoms with Crippen molar-refractivity contribution in [2.75, 3.05) is 25.4 Å². The van der Waals surface area contributed by atoms with Gasteiger partial charge in [-0.25, -0.2) is 0 Å². The first-order valence-corrected chi connectivity index (χ1v) is 6.00. The van der Waals surface area contributed by atoms with Gasteiger partial charge < -0.3 is 16.0 Å². The van der Waals surface area contributed by atoms with Gasteiger partial charge in [0.15, 0.2) is 0 Å². The van der Waals surface area contributed by atoms with E-state index in [1.807, 2.05) is 13.0 Å². The van der Waals surface area contributed by atoms with Crippen LogP contribution >= 0.6 is 0 Å². The summed E-state index contributed by atoms with van der Waals surface area (Å²) < 4.78 is 0. The van der Waals surface area contributed by atoms with Crippen molar-refractivity contribution in [3.05, 3.63) is 29.3 Å². The summed E-state index contributed by atoms with van der Waals surface area (Å²) in [6, 6.07) is 5.37. The topological polar surface area (TPSA) is 75.4 Å². The van der Waals surface area contributed by atoms with E-state index in [4.69, 9.17) is 5.73 Å². The normalized spacial score (nSPS) is 16.1. The van der Waals surface area contributed by atoms with Gasteiger partial charge in [-0.1, -0.05) is 12.1 Å². The number of nitrogen functional groups attached to an aromatic ring is 1. The second-order valence-corrected chi connectivity index (χ2v) is 4.47. The third kappa shape index (κ3) is 2.45. The minimum atomic E-state index is -0.173. The Bertz CT molecular complexity index is 485. The van der Waals surface area contributed by atoms with Crippen LogP contribution < -0.4 is 11.1 Å². The van der Waals surface area contributed by atoms with Crippen molar-refractivity contribution >= 4 is 17.5 Å². The Morgan fingerprint density at radius 3 is 3.00 bits per heavy atom. The van der Waals surface area contributed by atoms with Crippen LogP contribution in [-0.4, -0.2) is 36.3 Å². The number of anilines is 1. The molecule has 0 spiro atoms. The number of nitrogens with two attached hydrogens (primary N) is 1. The first-order chi connectivity index (χ1) is 8.59. The number of nitrogens with one attached hydrogen (secondary N) is 1. The molecule has 1 saturated heterocycles. The Morgan fingerprint density at radius 1 is 1.44 bits per heavy atom. The Hall–Kier alpha value is -2.04. The second kappa shape index (κ2) is 5.08. The van der Waals surface area contributed by atoms with Crippen molar-refractivity contribution < 1.29 is 9.59 Å². The van der Waals surface area contributed by atoms with Crippen molar-refractivity contribution in [2.45, 2.75) is 13.3 Å². The molecule has 0 saturated carbocycles. The summed E-state index contributed by atoms with van der Waals surface area (Å²) in [4.78, 5) is 25.3. The summed E-state index contributed by atoms with van der Waals surface area (Å²) in [5.41, 5.74) is 7.76. The third-order valence-corrected chi connectivity index (χ3v) is 3.10. The average Bonchev–Trinajstić information content (AvgIpc) is 2.56. The minimum absolute atomic E-state index is 0.103. The molecule has 0 unspecified atom stereocenters. The van der Waals surface area contributed by atoms with E-state index in [9.17, 15) is 9.59 Å². The molecule has 1 aliphatic rings. The molecule has 0 atom stereocenters. The molecule has 96 valence electrons. The van der Waals surface area contributed by atoms with Gasteiger partial charge in [-0.3, -0.25) is 9.59 Å². The molecule has 0 bridgehead atoms. The lowest BCUT2D eigenvalue weighted by Gasteiger charge is -2.20. The number of carbonyl (C=O) groups is 2.